The summed E-state index contributed by atoms with van der Waals surface area (Å²) in [5.41, 5.74) is 1.30. The number of pyridine rings is 1. The van der Waals surface area contributed by atoms with E-state index in [-0.39, 0.29) is 11.1 Å². The number of rotatable bonds is 4. The Hall–Kier alpha value is -3.93. The molecule has 0 saturated heterocycles. The number of anilines is 1. The number of hydrogen-bond donors (Lipinski definition) is 2. The van der Waals surface area contributed by atoms with Crippen LogP contribution in [0.1, 0.15) is 28.7 Å². The lowest BCUT2D eigenvalue weighted by molar-refractivity contribution is -0.123. The van der Waals surface area contributed by atoms with Crippen LogP contribution >= 0.6 is 0 Å². The van der Waals surface area contributed by atoms with Crippen LogP contribution in [0.25, 0.3) is 11.0 Å². The third-order valence-corrected chi connectivity index (χ3v) is 4.13. The summed E-state index contributed by atoms with van der Waals surface area (Å²) in [6, 6.07) is 9.44. The number of carbonyl (C=O) groups excluding carboxylic acids is 2. The van der Waals surface area contributed by atoms with Gasteiger partial charge in [0.15, 0.2) is 11.5 Å². The van der Waals surface area contributed by atoms with Crippen molar-refractivity contribution in [3.63, 3.8) is 0 Å². The highest BCUT2D eigenvalue weighted by molar-refractivity contribution is 5.97. The Labute approximate surface area is 159 Å². The summed E-state index contributed by atoms with van der Waals surface area (Å²) in [6.07, 6.45) is -1.12. The molecule has 0 radical (unpaired) electrons. The van der Waals surface area contributed by atoms with Gasteiger partial charge in [0.1, 0.15) is 11.3 Å². The third kappa shape index (κ3) is 3.61. The first-order valence-corrected chi connectivity index (χ1v) is 8.38. The Bertz CT molecular complexity index is 1190. The zero-order valence-electron chi connectivity index (χ0n) is 15.4. The Morgan fingerprint density at radius 2 is 2.11 bits per heavy atom. The molecule has 0 fully saturated rings. The molecule has 0 spiro atoms. The minimum absolute atomic E-state index is 0.0772. The summed E-state index contributed by atoms with van der Waals surface area (Å²) in [5, 5.41) is 16.0. The van der Waals surface area contributed by atoms with Gasteiger partial charge < -0.3 is 15.0 Å². The number of fused-ring (bicyclic) bond motifs is 1. The average molecular weight is 379 g/mol. The SMILES string of the molecule is Cc1nn(C)c2[nH]c(C(=O)O[C@@H](C)C(=O)Nc3cccc(C#N)c3)cc(=O)c12. The van der Waals surface area contributed by atoms with Gasteiger partial charge in [-0.05, 0) is 32.0 Å². The second kappa shape index (κ2) is 7.36. The molecule has 0 unspecified atom stereocenters. The van der Waals surface area contributed by atoms with E-state index in [9.17, 15) is 14.4 Å². The summed E-state index contributed by atoms with van der Waals surface area (Å²) >= 11 is 0. The second-order valence-electron chi connectivity index (χ2n) is 6.21. The average Bonchev–Trinajstić information content (AvgIpc) is 2.95. The number of H-pyrrole nitrogens is 1. The van der Waals surface area contributed by atoms with Gasteiger partial charge >= 0.3 is 5.97 Å². The largest absolute Gasteiger partial charge is 0.448 e. The lowest BCUT2D eigenvalue weighted by Gasteiger charge is -2.13. The van der Waals surface area contributed by atoms with Crippen LogP contribution in [-0.4, -0.2) is 32.7 Å². The van der Waals surface area contributed by atoms with Gasteiger partial charge in [-0.3, -0.25) is 14.3 Å². The fourth-order valence-corrected chi connectivity index (χ4v) is 2.76. The third-order valence-electron chi connectivity index (χ3n) is 4.13. The van der Waals surface area contributed by atoms with Crippen LogP contribution in [0, 0.1) is 18.3 Å². The van der Waals surface area contributed by atoms with Gasteiger partial charge in [0.25, 0.3) is 5.91 Å². The van der Waals surface area contributed by atoms with Crippen molar-refractivity contribution in [2.45, 2.75) is 20.0 Å². The number of nitrogens with one attached hydrogen (secondary N) is 2. The summed E-state index contributed by atoms with van der Waals surface area (Å²) in [6.45, 7) is 3.11. The molecule has 0 aliphatic rings. The molecule has 3 rings (SSSR count). The summed E-state index contributed by atoms with van der Waals surface area (Å²) in [4.78, 5) is 39.7. The van der Waals surface area contributed by atoms with Crippen molar-refractivity contribution >= 4 is 28.6 Å². The monoisotopic (exact) mass is 379 g/mol. The van der Waals surface area contributed by atoms with Crippen LogP contribution in [0.4, 0.5) is 5.69 Å². The van der Waals surface area contributed by atoms with Gasteiger partial charge in [-0.25, -0.2) is 4.79 Å². The molecule has 28 heavy (non-hydrogen) atoms. The van der Waals surface area contributed by atoms with Crippen molar-refractivity contribution in [3.8, 4) is 6.07 Å². The molecule has 9 nitrogen and oxygen atoms in total. The number of aryl methyl sites for hydroxylation is 2. The Balaban J connectivity index is 1.76. The summed E-state index contributed by atoms with van der Waals surface area (Å²) in [5.74, 6) is -1.41. The molecule has 3 aromatic rings. The van der Waals surface area contributed by atoms with Crippen molar-refractivity contribution in [2.24, 2.45) is 7.05 Å². The zero-order chi connectivity index (χ0) is 20.4. The maximum absolute atomic E-state index is 12.4. The Kier molecular flexibility index (Phi) is 4.96. The van der Waals surface area contributed by atoms with E-state index < -0.39 is 18.0 Å². The molecule has 2 heterocycles. The van der Waals surface area contributed by atoms with Crippen LogP contribution in [0.5, 0.6) is 0 Å². The quantitative estimate of drug-likeness (QED) is 0.663. The first-order chi connectivity index (χ1) is 13.3. The van der Waals surface area contributed by atoms with E-state index in [1.54, 1.807) is 32.2 Å². The van der Waals surface area contributed by atoms with E-state index in [0.717, 1.165) is 6.07 Å². The van der Waals surface area contributed by atoms with E-state index in [1.165, 1.54) is 17.7 Å². The number of nitrogens with zero attached hydrogens (tertiary/aromatic N) is 3. The fourth-order valence-electron chi connectivity index (χ4n) is 2.76. The number of aromatic nitrogens is 3. The number of amides is 1. The molecule has 2 N–H and O–H groups in total. The van der Waals surface area contributed by atoms with E-state index in [4.69, 9.17) is 10.00 Å². The maximum atomic E-state index is 12.4. The second-order valence-corrected chi connectivity index (χ2v) is 6.21. The molecule has 142 valence electrons. The fraction of sp³-hybridized carbons (Fsp3) is 0.211. The van der Waals surface area contributed by atoms with E-state index >= 15 is 0 Å². The number of carbonyl (C=O) groups is 2. The molecule has 1 amide bonds. The molecule has 0 saturated carbocycles. The summed E-state index contributed by atoms with van der Waals surface area (Å²) < 4.78 is 6.62. The van der Waals surface area contributed by atoms with Crippen LogP contribution < -0.4 is 10.7 Å². The van der Waals surface area contributed by atoms with Crippen molar-refractivity contribution in [1.29, 1.82) is 5.26 Å². The van der Waals surface area contributed by atoms with Crippen molar-refractivity contribution < 1.29 is 14.3 Å². The van der Waals surface area contributed by atoms with Crippen molar-refractivity contribution in [1.82, 2.24) is 14.8 Å². The Morgan fingerprint density at radius 3 is 2.82 bits per heavy atom. The number of esters is 1. The first-order valence-electron chi connectivity index (χ1n) is 8.38. The lowest BCUT2D eigenvalue weighted by atomic mass is 10.2. The molecule has 0 aliphatic carbocycles. The standard InChI is InChI=1S/C19H17N5O4/c1-10-16-15(25)8-14(22-17(16)24(3)23-10)19(27)28-11(2)18(26)21-13-6-4-5-12(7-13)9-20/h4-8,11H,1-3H3,(H,21,26)(H,22,25)/t11-/m0/s1. The molecule has 1 aromatic carbocycles. The molecule has 0 aliphatic heterocycles. The van der Waals surface area contributed by atoms with Crippen LogP contribution in [0.2, 0.25) is 0 Å². The van der Waals surface area contributed by atoms with Gasteiger partial charge in [-0.1, -0.05) is 6.07 Å². The highest BCUT2D eigenvalue weighted by Crippen LogP contribution is 2.13. The summed E-state index contributed by atoms with van der Waals surface area (Å²) in [7, 11) is 1.64. The molecule has 9 heteroatoms. The van der Waals surface area contributed by atoms with Crippen LogP contribution in [-0.2, 0) is 16.6 Å². The number of nitriles is 1. The molecule has 1 atom stereocenters. The minimum atomic E-state index is -1.12. The maximum Gasteiger partial charge on any atom is 0.355 e. The first kappa shape index (κ1) is 18.8. The molecular weight excluding hydrogens is 362 g/mol. The molecule has 0 bridgehead atoms. The highest BCUT2D eigenvalue weighted by Gasteiger charge is 2.21. The van der Waals surface area contributed by atoms with E-state index in [1.807, 2.05) is 6.07 Å². The topological polar surface area (TPSA) is 130 Å². The predicted octanol–water partition coefficient (Wildman–Crippen LogP) is 1.63. The van der Waals surface area contributed by atoms with Gasteiger partial charge in [0.05, 0.1) is 22.7 Å². The van der Waals surface area contributed by atoms with E-state index in [2.05, 4.69) is 15.4 Å². The molecular formula is C19H17N5O4. The van der Waals surface area contributed by atoms with Gasteiger partial charge in [-0.15, -0.1) is 0 Å². The predicted molar refractivity (Wildman–Crippen MR) is 101 cm³/mol. The molecule has 2 aromatic heterocycles. The number of ether oxygens (including phenoxy) is 1. The van der Waals surface area contributed by atoms with Gasteiger partial charge in [0.2, 0.25) is 0 Å². The van der Waals surface area contributed by atoms with Crippen LogP contribution in [0.3, 0.4) is 0 Å². The highest BCUT2D eigenvalue weighted by atomic mass is 16.5. The zero-order valence-corrected chi connectivity index (χ0v) is 15.4. The Morgan fingerprint density at radius 1 is 1.36 bits per heavy atom. The van der Waals surface area contributed by atoms with E-state index in [0.29, 0.717) is 28.0 Å². The van der Waals surface area contributed by atoms with Crippen LogP contribution in [0.15, 0.2) is 35.1 Å². The lowest BCUT2D eigenvalue weighted by Crippen LogP contribution is -2.30. The minimum Gasteiger partial charge on any atom is -0.448 e. The number of hydrogen-bond acceptors (Lipinski definition) is 6. The van der Waals surface area contributed by atoms with Gasteiger partial charge in [0, 0.05) is 18.8 Å². The number of aromatic amines is 1. The number of benzene rings is 1. The smallest absolute Gasteiger partial charge is 0.355 e. The normalized spacial score (nSPS) is 11.6. The van der Waals surface area contributed by atoms with Gasteiger partial charge in [-0.2, -0.15) is 10.4 Å². The van der Waals surface area contributed by atoms with Crippen molar-refractivity contribution in [2.75, 3.05) is 5.32 Å². The van der Waals surface area contributed by atoms with Crippen molar-refractivity contribution in [3.05, 3.63) is 57.5 Å².